The molecule has 1 unspecified atom stereocenters. The van der Waals surface area contributed by atoms with E-state index in [-0.39, 0.29) is 11.9 Å². The number of benzene rings is 1. The molecule has 1 fully saturated rings. The topological polar surface area (TPSA) is 77.0 Å². The molecule has 0 saturated carbocycles. The van der Waals surface area contributed by atoms with Gasteiger partial charge in [-0.25, -0.2) is 9.67 Å². The van der Waals surface area contributed by atoms with E-state index in [2.05, 4.69) is 10.1 Å². The van der Waals surface area contributed by atoms with Gasteiger partial charge in [0.2, 0.25) is 0 Å². The zero-order chi connectivity index (χ0) is 24.3. The molecule has 1 aliphatic rings. The van der Waals surface area contributed by atoms with E-state index < -0.39 is 0 Å². The Balaban J connectivity index is 1.47. The lowest BCUT2D eigenvalue weighted by atomic mass is 10.00. The number of furan rings is 1. The fourth-order valence-corrected chi connectivity index (χ4v) is 5.09. The third-order valence-corrected chi connectivity index (χ3v) is 6.90. The summed E-state index contributed by atoms with van der Waals surface area (Å²) in [4.78, 5) is 25.5. The largest absolute Gasteiger partial charge is 0.467 e. The van der Waals surface area contributed by atoms with Crippen LogP contribution in [0.3, 0.4) is 0 Å². The predicted octanol–water partition coefficient (Wildman–Crippen LogP) is 5.89. The molecule has 1 saturated heterocycles. The summed E-state index contributed by atoms with van der Waals surface area (Å²) in [6.07, 6.45) is 11.2. The average Bonchev–Trinajstić information content (AvgIpc) is 3.52. The maximum Gasteiger partial charge on any atom is 0.255 e. The summed E-state index contributed by atoms with van der Waals surface area (Å²) in [5, 5.41) is 5.36. The van der Waals surface area contributed by atoms with Crippen molar-refractivity contribution < 1.29 is 9.21 Å². The molecule has 1 atom stereocenters. The van der Waals surface area contributed by atoms with Crippen LogP contribution < -0.4 is 0 Å². The second kappa shape index (κ2) is 9.77. The Kier molecular flexibility index (Phi) is 6.03. The minimum atomic E-state index is 0.0147. The van der Waals surface area contributed by atoms with Crippen LogP contribution in [0.15, 0.2) is 89.9 Å². The summed E-state index contributed by atoms with van der Waals surface area (Å²) in [5.41, 5.74) is 4.14. The lowest BCUT2D eigenvalue weighted by molar-refractivity contribution is 0.0683. The van der Waals surface area contributed by atoms with Crippen molar-refractivity contribution >= 4 is 16.9 Å². The fourth-order valence-electron chi connectivity index (χ4n) is 5.09. The molecule has 1 amide bonds. The van der Waals surface area contributed by atoms with Gasteiger partial charge >= 0.3 is 0 Å². The minimum Gasteiger partial charge on any atom is -0.467 e. The van der Waals surface area contributed by atoms with E-state index in [4.69, 9.17) is 9.40 Å². The van der Waals surface area contributed by atoms with E-state index in [9.17, 15) is 4.79 Å². The number of likely N-dealkylation sites (tertiary alicyclic amines) is 1. The second-order valence-electron chi connectivity index (χ2n) is 9.18. The Bertz CT molecular complexity index is 1460. The zero-order valence-corrected chi connectivity index (χ0v) is 20.0. The molecule has 7 heteroatoms. The Morgan fingerprint density at radius 3 is 2.67 bits per heavy atom. The van der Waals surface area contributed by atoms with Crippen molar-refractivity contribution in [3.05, 3.63) is 102 Å². The Labute approximate surface area is 209 Å². The molecule has 0 N–H and O–H groups in total. The molecule has 1 aromatic carbocycles. The van der Waals surface area contributed by atoms with Gasteiger partial charge in [-0.15, -0.1) is 0 Å². The van der Waals surface area contributed by atoms with Gasteiger partial charge in [-0.3, -0.25) is 9.78 Å². The molecule has 0 aliphatic carbocycles. The highest BCUT2D eigenvalue weighted by Crippen LogP contribution is 2.33. The van der Waals surface area contributed by atoms with Crippen molar-refractivity contribution in [2.45, 2.75) is 38.3 Å². The van der Waals surface area contributed by atoms with Crippen LogP contribution in [-0.2, 0) is 6.54 Å². The first-order valence-corrected chi connectivity index (χ1v) is 12.4. The summed E-state index contributed by atoms with van der Waals surface area (Å²) < 4.78 is 7.36. The second-order valence-corrected chi connectivity index (χ2v) is 9.18. The highest BCUT2D eigenvalue weighted by atomic mass is 16.3. The van der Waals surface area contributed by atoms with Gasteiger partial charge in [0.25, 0.3) is 5.91 Å². The third kappa shape index (κ3) is 4.28. The number of carbonyl (C=O) groups excluding carboxylic acids is 1. The summed E-state index contributed by atoms with van der Waals surface area (Å²) in [7, 11) is 0. The van der Waals surface area contributed by atoms with Crippen LogP contribution in [0.5, 0.6) is 0 Å². The first-order chi connectivity index (χ1) is 17.8. The van der Waals surface area contributed by atoms with Crippen molar-refractivity contribution in [3.63, 3.8) is 0 Å². The lowest BCUT2D eigenvalue weighted by Gasteiger charge is -2.31. The molecule has 5 aromatic rings. The lowest BCUT2D eigenvalue weighted by Crippen LogP contribution is -2.35. The average molecular weight is 478 g/mol. The molecule has 0 radical (unpaired) electrons. The van der Waals surface area contributed by atoms with Crippen LogP contribution in [-0.4, -0.2) is 37.1 Å². The first kappa shape index (κ1) is 22.2. The van der Waals surface area contributed by atoms with Crippen LogP contribution in [0.2, 0.25) is 0 Å². The van der Waals surface area contributed by atoms with Crippen LogP contribution >= 0.6 is 0 Å². The van der Waals surface area contributed by atoms with Gasteiger partial charge < -0.3 is 9.32 Å². The number of hydrogen-bond donors (Lipinski definition) is 0. The minimum absolute atomic E-state index is 0.0147. The Morgan fingerprint density at radius 1 is 1.00 bits per heavy atom. The van der Waals surface area contributed by atoms with E-state index in [1.165, 1.54) is 0 Å². The van der Waals surface area contributed by atoms with E-state index in [0.717, 1.165) is 60.2 Å². The van der Waals surface area contributed by atoms with Crippen LogP contribution in [0.4, 0.5) is 0 Å². The number of hydrogen-bond acceptors (Lipinski definition) is 5. The molecule has 6 rings (SSSR count). The van der Waals surface area contributed by atoms with E-state index in [1.807, 2.05) is 65.6 Å². The van der Waals surface area contributed by atoms with Crippen LogP contribution in [0.25, 0.3) is 22.3 Å². The molecule has 36 heavy (non-hydrogen) atoms. The smallest absolute Gasteiger partial charge is 0.255 e. The summed E-state index contributed by atoms with van der Waals surface area (Å²) in [5.74, 6) is 0.797. The SMILES string of the molecule is O=C(c1cc(-c2ccccc2)nc2c1cnn2Cc1ccco1)N1CCCCCC1c1ccncc1. The molecule has 0 bridgehead atoms. The normalized spacial score (nSPS) is 16.2. The number of pyridine rings is 2. The quantitative estimate of drug-likeness (QED) is 0.315. The Hall–Kier alpha value is -4.26. The molecule has 4 aromatic heterocycles. The molecule has 1 aliphatic heterocycles. The number of carbonyl (C=O) groups is 1. The number of rotatable bonds is 5. The van der Waals surface area contributed by atoms with E-state index in [1.54, 1.807) is 29.5 Å². The summed E-state index contributed by atoms with van der Waals surface area (Å²) >= 11 is 0. The number of fused-ring (bicyclic) bond motifs is 1. The van der Waals surface area contributed by atoms with Gasteiger partial charge in [0.05, 0.1) is 35.1 Å². The Morgan fingerprint density at radius 2 is 1.86 bits per heavy atom. The van der Waals surface area contributed by atoms with Gasteiger partial charge in [-0.05, 0) is 48.7 Å². The van der Waals surface area contributed by atoms with Gasteiger partial charge in [0.15, 0.2) is 5.65 Å². The van der Waals surface area contributed by atoms with Crippen molar-refractivity contribution in [1.82, 2.24) is 24.6 Å². The van der Waals surface area contributed by atoms with Gasteiger partial charge in [0.1, 0.15) is 12.3 Å². The molecule has 5 heterocycles. The van der Waals surface area contributed by atoms with Gasteiger partial charge in [-0.2, -0.15) is 5.10 Å². The maximum absolute atomic E-state index is 14.3. The number of amides is 1. The fraction of sp³-hybridized carbons (Fsp3) is 0.241. The van der Waals surface area contributed by atoms with Crippen LogP contribution in [0.1, 0.15) is 53.4 Å². The van der Waals surface area contributed by atoms with Crippen molar-refractivity contribution in [3.8, 4) is 11.3 Å². The monoisotopic (exact) mass is 477 g/mol. The zero-order valence-electron chi connectivity index (χ0n) is 20.0. The summed E-state index contributed by atoms with van der Waals surface area (Å²) in [6, 6.07) is 19.7. The van der Waals surface area contributed by atoms with E-state index >= 15 is 0 Å². The predicted molar refractivity (Wildman–Crippen MR) is 137 cm³/mol. The summed E-state index contributed by atoms with van der Waals surface area (Å²) in [6.45, 7) is 1.16. The molecule has 7 nitrogen and oxygen atoms in total. The standard InChI is InChI=1S/C29H27N5O2/c35-29(33-16-6-2-5-11-27(33)22-12-14-30-15-13-22)24-18-26(21-8-3-1-4-9-21)32-28-25(24)19-31-34(28)20-23-10-7-17-36-23/h1,3-4,7-10,12-15,17-19,27H,2,5-6,11,16,20H2. The maximum atomic E-state index is 14.3. The van der Waals surface area contributed by atoms with Gasteiger partial charge in [0, 0.05) is 24.5 Å². The molecule has 0 spiro atoms. The highest BCUT2D eigenvalue weighted by molar-refractivity contribution is 6.06. The van der Waals surface area contributed by atoms with Crippen LogP contribution in [0, 0.1) is 0 Å². The van der Waals surface area contributed by atoms with Crippen molar-refractivity contribution in [2.24, 2.45) is 0 Å². The van der Waals surface area contributed by atoms with Crippen molar-refractivity contribution in [1.29, 1.82) is 0 Å². The van der Waals surface area contributed by atoms with Crippen molar-refractivity contribution in [2.75, 3.05) is 6.54 Å². The molecule has 180 valence electrons. The molecular weight excluding hydrogens is 450 g/mol. The first-order valence-electron chi connectivity index (χ1n) is 12.4. The number of nitrogens with zero attached hydrogens (tertiary/aromatic N) is 5. The third-order valence-electron chi connectivity index (χ3n) is 6.90. The molecular formula is C29H27N5O2. The number of aromatic nitrogens is 4. The van der Waals surface area contributed by atoms with E-state index in [0.29, 0.717) is 17.8 Å². The highest BCUT2D eigenvalue weighted by Gasteiger charge is 2.30. The van der Waals surface area contributed by atoms with Gasteiger partial charge in [-0.1, -0.05) is 43.2 Å².